The molecule has 7 rings (SSSR count). The molecule has 0 spiro atoms. The number of Topliss-reactive ketones (excluding diaryl/α,β-unsaturated/α-hetero) is 1. The van der Waals surface area contributed by atoms with Crippen LogP contribution in [0.2, 0.25) is 0 Å². The molecule has 58 heavy (non-hydrogen) atoms. The number of rotatable bonds is 12. The van der Waals surface area contributed by atoms with E-state index in [4.69, 9.17) is 37.6 Å². The Bertz CT molecular complexity index is 2560. The third-order valence-electron chi connectivity index (χ3n) is 9.97. The van der Waals surface area contributed by atoms with E-state index in [1.165, 1.54) is 0 Å². The molecule has 0 radical (unpaired) electrons. The molecule has 0 saturated carbocycles. The molecule has 0 bridgehead atoms. The molecule has 5 aromatic rings. The number of benzene rings is 4. The van der Waals surface area contributed by atoms with Gasteiger partial charge in [-0.2, -0.15) is 0 Å². The second-order valence-electron chi connectivity index (χ2n) is 13.5. The van der Waals surface area contributed by atoms with Crippen LogP contribution in [-0.4, -0.2) is 53.5 Å². The van der Waals surface area contributed by atoms with Crippen LogP contribution in [0.4, 0.5) is 0 Å². The molecule has 0 saturated heterocycles. The minimum atomic E-state index is -0.322. The fourth-order valence-corrected chi connectivity index (χ4v) is 6.95. The quantitative estimate of drug-likeness (QED) is 0.0970. The van der Waals surface area contributed by atoms with Gasteiger partial charge in [-0.05, 0) is 78.6 Å². The van der Waals surface area contributed by atoms with Crippen molar-refractivity contribution in [3.63, 3.8) is 0 Å². The van der Waals surface area contributed by atoms with Crippen LogP contribution in [0.5, 0.6) is 34.5 Å². The molecule has 2 aliphatic rings. The van der Waals surface area contributed by atoms with Crippen LogP contribution in [0.3, 0.4) is 0 Å². The molecule has 1 aliphatic carbocycles. The zero-order chi connectivity index (χ0) is 41.1. The van der Waals surface area contributed by atoms with Gasteiger partial charge in [0, 0.05) is 23.3 Å². The first kappa shape index (κ1) is 39.1. The van der Waals surface area contributed by atoms with Gasteiger partial charge in [0.25, 0.3) is 0 Å². The fraction of sp³-hybridized carbons (Fsp3) is 0.167. The largest absolute Gasteiger partial charge is 0.506 e. The number of aliphatic hydroxyl groups excluding tert-OH is 1. The lowest BCUT2D eigenvalue weighted by molar-refractivity contribution is -0.113. The van der Waals surface area contributed by atoms with Gasteiger partial charge in [-0.25, -0.2) is 4.42 Å². The van der Waals surface area contributed by atoms with Gasteiger partial charge < -0.3 is 38.3 Å². The maximum Gasteiger partial charge on any atom is 0.361 e. The Morgan fingerprint density at radius 1 is 0.586 bits per heavy atom. The van der Waals surface area contributed by atoms with Gasteiger partial charge in [0.1, 0.15) is 17.3 Å². The summed E-state index contributed by atoms with van der Waals surface area (Å²) in [5.41, 5.74) is 6.62. The third kappa shape index (κ3) is 7.39. The molecular formula is C48H43O10+. The minimum absolute atomic E-state index is 0.134. The van der Waals surface area contributed by atoms with E-state index in [1.54, 1.807) is 91.2 Å². The van der Waals surface area contributed by atoms with Crippen molar-refractivity contribution in [1.82, 2.24) is 0 Å². The highest BCUT2D eigenvalue weighted by Crippen LogP contribution is 2.45. The highest BCUT2D eigenvalue weighted by atomic mass is 16.5. The van der Waals surface area contributed by atoms with E-state index in [1.807, 2.05) is 74.5 Å². The van der Waals surface area contributed by atoms with Crippen molar-refractivity contribution in [3.05, 3.63) is 153 Å². The fourth-order valence-electron chi connectivity index (χ4n) is 6.95. The van der Waals surface area contributed by atoms with Crippen LogP contribution in [0.25, 0.3) is 40.2 Å². The highest BCUT2D eigenvalue weighted by Gasteiger charge is 2.34. The van der Waals surface area contributed by atoms with E-state index in [2.05, 4.69) is 0 Å². The maximum absolute atomic E-state index is 13.9. The van der Waals surface area contributed by atoms with Gasteiger partial charge in [0.05, 0.1) is 77.1 Å². The van der Waals surface area contributed by atoms with Crippen LogP contribution >= 0.6 is 0 Å². The number of methoxy groups -OCH3 is 6. The lowest BCUT2D eigenvalue weighted by atomic mass is 9.85. The van der Waals surface area contributed by atoms with Gasteiger partial charge in [-0.3, -0.25) is 4.79 Å². The van der Waals surface area contributed by atoms with Crippen LogP contribution < -0.4 is 28.4 Å². The number of carbonyl (C=O) groups is 1. The second kappa shape index (κ2) is 16.5. The van der Waals surface area contributed by atoms with Crippen molar-refractivity contribution >= 4 is 23.4 Å². The zero-order valence-electron chi connectivity index (χ0n) is 33.5. The predicted molar refractivity (Wildman–Crippen MR) is 223 cm³/mol. The van der Waals surface area contributed by atoms with Crippen LogP contribution in [0.15, 0.2) is 130 Å². The number of allylic oxidation sites excluding steroid dienone is 6. The van der Waals surface area contributed by atoms with Crippen molar-refractivity contribution in [2.45, 2.75) is 13.8 Å². The Balaban J connectivity index is 1.34. The van der Waals surface area contributed by atoms with Gasteiger partial charge in [-0.15, -0.1) is 0 Å². The van der Waals surface area contributed by atoms with Crippen LogP contribution in [0, 0.1) is 13.8 Å². The number of aliphatic hydroxyl groups is 1. The summed E-state index contributed by atoms with van der Waals surface area (Å²) in [7, 11) is 9.27. The summed E-state index contributed by atoms with van der Waals surface area (Å²) in [5.74, 6) is 4.33. The average Bonchev–Trinajstić information content (AvgIpc) is 3.26. The number of hydrogen-bond donors (Lipinski definition) is 1. The monoisotopic (exact) mass is 779 g/mol. The highest BCUT2D eigenvalue weighted by molar-refractivity contribution is 6.23. The molecule has 2 heterocycles. The molecule has 1 aromatic heterocycles. The Morgan fingerprint density at radius 2 is 1.09 bits per heavy atom. The molecule has 1 aliphatic heterocycles. The molecule has 1 N–H and O–H groups in total. The van der Waals surface area contributed by atoms with E-state index in [0.29, 0.717) is 79.8 Å². The first-order valence-corrected chi connectivity index (χ1v) is 18.3. The Kier molecular flexibility index (Phi) is 11.1. The Morgan fingerprint density at radius 3 is 1.60 bits per heavy atom. The SMILES string of the molecule is COc1cc(C2=CC(=CC3=C(O)C(=Cc4cc(-c5cc(OC)c(OC)c(OC)c5)[o+]c(-c5ccccc5C)c4)C3=O)C=C(c3ccccc3C)O2)cc(OC)c1OC. The van der Waals surface area contributed by atoms with Gasteiger partial charge in [0.2, 0.25) is 17.3 Å². The van der Waals surface area contributed by atoms with Crippen molar-refractivity contribution in [2.24, 2.45) is 0 Å². The molecule has 4 aromatic carbocycles. The lowest BCUT2D eigenvalue weighted by Crippen LogP contribution is -2.21. The molecule has 0 atom stereocenters. The predicted octanol–water partition coefficient (Wildman–Crippen LogP) is 10.4. The standard InChI is InChI=1S/C48H42O10/c1-27-13-9-11-15-33(27)39-21-29(19-37(57-39)31-23-41(51-3)47(55-7)42(24-31)52-4)17-35-45(49)36(46(35)50)18-30-20-38(58-40(22-30)34-16-12-10-14-28(34)2)32-25-43(53-5)48(56-8)44(26-32)54-6/h9-26H,1-8H3/p+1. The molecule has 0 amide bonds. The van der Waals surface area contributed by atoms with Crippen molar-refractivity contribution in [1.29, 1.82) is 0 Å². The lowest BCUT2D eigenvalue weighted by Gasteiger charge is -2.23. The van der Waals surface area contributed by atoms with Gasteiger partial charge in [0.15, 0.2) is 23.0 Å². The van der Waals surface area contributed by atoms with E-state index >= 15 is 0 Å². The van der Waals surface area contributed by atoms with E-state index < -0.39 is 0 Å². The van der Waals surface area contributed by atoms with Crippen molar-refractivity contribution < 1.29 is 47.5 Å². The number of aryl methyl sites for hydroxylation is 2. The topological polar surface area (TPSA) is 113 Å². The minimum Gasteiger partial charge on any atom is -0.506 e. The summed E-state index contributed by atoms with van der Waals surface area (Å²) in [6, 6.07) is 26.5. The van der Waals surface area contributed by atoms with Gasteiger partial charge >= 0.3 is 11.5 Å². The molecule has 10 nitrogen and oxygen atoms in total. The van der Waals surface area contributed by atoms with E-state index in [9.17, 15) is 9.90 Å². The normalized spacial score (nSPS) is 15.0. The van der Waals surface area contributed by atoms with E-state index in [-0.39, 0.29) is 22.7 Å². The zero-order valence-corrected chi connectivity index (χ0v) is 33.5. The van der Waals surface area contributed by atoms with Crippen LogP contribution in [0.1, 0.15) is 27.8 Å². The molecular weight excluding hydrogens is 737 g/mol. The summed E-state index contributed by atoms with van der Waals surface area (Å²) in [6.07, 6.45) is 6.97. The van der Waals surface area contributed by atoms with E-state index in [0.717, 1.165) is 22.3 Å². The number of ketones is 1. The number of ether oxygens (including phenoxy) is 7. The molecule has 294 valence electrons. The Labute approximate surface area is 337 Å². The summed E-state index contributed by atoms with van der Waals surface area (Å²) in [6.45, 7) is 3.99. The molecule has 0 unspecified atom stereocenters. The summed E-state index contributed by atoms with van der Waals surface area (Å²) in [5, 5.41) is 11.5. The second-order valence-corrected chi connectivity index (χ2v) is 13.5. The summed E-state index contributed by atoms with van der Waals surface area (Å²) >= 11 is 0. The average molecular weight is 780 g/mol. The first-order valence-electron chi connectivity index (χ1n) is 18.3. The number of hydrogen-bond acceptors (Lipinski definition) is 9. The molecule has 0 fully saturated rings. The van der Waals surface area contributed by atoms with Crippen molar-refractivity contribution in [3.8, 4) is 57.1 Å². The summed E-state index contributed by atoms with van der Waals surface area (Å²) in [4.78, 5) is 13.9. The Hall–Kier alpha value is -7.20. The van der Waals surface area contributed by atoms with Crippen LogP contribution in [-0.2, 0) is 9.53 Å². The van der Waals surface area contributed by atoms with Gasteiger partial charge in [-0.1, -0.05) is 42.5 Å². The van der Waals surface area contributed by atoms with Crippen molar-refractivity contribution in [2.75, 3.05) is 42.7 Å². The smallest absolute Gasteiger partial charge is 0.361 e. The molecule has 10 heteroatoms. The first-order chi connectivity index (χ1) is 28.1. The number of carbonyl (C=O) groups excluding carboxylic acids is 1. The summed E-state index contributed by atoms with van der Waals surface area (Å²) < 4.78 is 46.5. The maximum atomic E-state index is 13.9. The third-order valence-corrected chi connectivity index (χ3v) is 9.97.